The van der Waals surface area contributed by atoms with Crippen molar-refractivity contribution in [3.63, 3.8) is 0 Å². The molecule has 1 aliphatic heterocycles. The minimum Gasteiger partial charge on any atom is -0.378 e. The highest BCUT2D eigenvalue weighted by atomic mass is 32.2. The monoisotopic (exact) mass is 333 g/mol. The Morgan fingerprint density at radius 2 is 2.14 bits per heavy atom. The first-order valence-corrected chi connectivity index (χ1v) is 8.73. The number of ether oxygens (including phenoxy) is 1. The normalized spacial score (nSPS) is 16.1. The van der Waals surface area contributed by atoms with Crippen LogP contribution in [-0.2, 0) is 14.8 Å². The number of halogens is 1. The van der Waals surface area contributed by atoms with Gasteiger partial charge in [-0.25, -0.2) is 22.1 Å². The molecule has 22 heavy (non-hydrogen) atoms. The Morgan fingerprint density at radius 3 is 2.77 bits per heavy atom. The van der Waals surface area contributed by atoms with Crippen molar-refractivity contribution in [3.05, 3.63) is 12.0 Å². The molecule has 0 bridgehead atoms. The molecule has 124 valence electrons. The van der Waals surface area contributed by atoms with E-state index in [-0.39, 0.29) is 18.3 Å². The molecule has 0 spiro atoms. The SMILES string of the molecule is CN(CCNc1ncc(F)c(N2CCOCC2)n1)S(C)(=O)=O. The summed E-state index contributed by atoms with van der Waals surface area (Å²) in [5, 5.41) is 2.90. The lowest BCUT2D eigenvalue weighted by Gasteiger charge is -2.28. The van der Waals surface area contributed by atoms with Crippen LogP contribution in [0.4, 0.5) is 16.2 Å². The van der Waals surface area contributed by atoms with Crippen LogP contribution in [-0.4, -0.2) is 75.4 Å². The first-order chi connectivity index (χ1) is 10.4. The van der Waals surface area contributed by atoms with Gasteiger partial charge in [-0.05, 0) is 0 Å². The van der Waals surface area contributed by atoms with Crippen LogP contribution in [0.25, 0.3) is 0 Å². The van der Waals surface area contributed by atoms with E-state index in [4.69, 9.17) is 4.74 Å². The summed E-state index contributed by atoms with van der Waals surface area (Å²) >= 11 is 0. The van der Waals surface area contributed by atoms with E-state index >= 15 is 0 Å². The third-order valence-electron chi connectivity index (χ3n) is 3.31. The van der Waals surface area contributed by atoms with Gasteiger partial charge < -0.3 is 15.0 Å². The van der Waals surface area contributed by atoms with Gasteiger partial charge in [-0.1, -0.05) is 0 Å². The van der Waals surface area contributed by atoms with Crippen molar-refractivity contribution in [1.29, 1.82) is 0 Å². The highest BCUT2D eigenvalue weighted by Crippen LogP contribution is 2.18. The molecule has 0 saturated carbocycles. The maximum atomic E-state index is 13.8. The summed E-state index contributed by atoms with van der Waals surface area (Å²) in [6, 6.07) is 0. The second-order valence-electron chi connectivity index (χ2n) is 4.98. The van der Waals surface area contributed by atoms with E-state index in [1.54, 1.807) is 4.90 Å². The van der Waals surface area contributed by atoms with Gasteiger partial charge in [-0.15, -0.1) is 0 Å². The Kier molecular flexibility index (Phi) is 5.48. The fraction of sp³-hybridized carbons (Fsp3) is 0.667. The zero-order chi connectivity index (χ0) is 16.2. The summed E-state index contributed by atoms with van der Waals surface area (Å²) < 4.78 is 42.8. The molecular formula is C12H20FN5O3S. The van der Waals surface area contributed by atoms with E-state index in [9.17, 15) is 12.8 Å². The van der Waals surface area contributed by atoms with Gasteiger partial charge in [0.25, 0.3) is 0 Å². The molecular weight excluding hydrogens is 313 g/mol. The molecule has 1 saturated heterocycles. The molecule has 1 aliphatic rings. The number of likely N-dealkylation sites (N-methyl/N-ethyl adjacent to an activating group) is 1. The van der Waals surface area contributed by atoms with E-state index in [1.165, 1.54) is 11.4 Å². The number of nitrogens with one attached hydrogen (secondary N) is 1. The van der Waals surface area contributed by atoms with Gasteiger partial charge in [0.15, 0.2) is 11.6 Å². The first kappa shape index (κ1) is 16.8. The molecule has 10 heteroatoms. The number of hydrogen-bond acceptors (Lipinski definition) is 7. The van der Waals surface area contributed by atoms with Crippen molar-refractivity contribution < 1.29 is 17.5 Å². The molecule has 8 nitrogen and oxygen atoms in total. The maximum Gasteiger partial charge on any atom is 0.224 e. The van der Waals surface area contributed by atoms with Crippen LogP contribution in [0.2, 0.25) is 0 Å². The first-order valence-electron chi connectivity index (χ1n) is 6.88. The highest BCUT2D eigenvalue weighted by Gasteiger charge is 2.18. The zero-order valence-electron chi connectivity index (χ0n) is 12.6. The average molecular weight is 333 g/mol. The molecule has 0 amide bonds. The lowest BCUT2D eigenvalue weighted by Crippen LogP contribution is -2.37. The van der Waals surface area contributed by atoms with Crippen LogP contribution < -0.4 is 10.2 Å². The number of morpholine rings is 1. The van der Waals surface area contributed by atoms with Gasteiger partial charge in [0, 0.05) is 33.2 Å². The van der Waals surface area contributed by atoms with Gasteiger partial charge in [-0.2, -0.15) is 4.98 Å². The molecule has 0 aromatic carbocycles. The smallest absolute Gasteiger partial charge is 0.224 e. The second kappa shape index (κ2) is 7.16. The van der Waals surface area contributed by atoms with Gasteiger partial charge in [0.2, 0.25) is 16.0 Å². The third kappa shape index (κ3) is 4.49. The fourth-order valence-corrected chi connectivity index (χ4v) is 2.35. The van der Waals surface area contributed by atoms with Crippen molar-refractivity contribution in [2.24, 2.45) is 0 Å². The quantitative estimate of drug-likeness (QED) is 0.768. The second-order valence-corrected chi connectivity index (χ2v) is 7.07. The lowest BCUT2D eigenvalue weighted by molar-refractivity contribution is 0.122. The number of anilines is 2. The van der Waals surface area contributed by atoms with E-state index < -0.39 is 15.8 Å². The molecule has 0 unspecified atom stereocenters. The Bertz CT molecular complexity index is 607. The molecule has 2 rings (SSSR count). The highest BCUT2D eigenvalue weighted by molar-refractivity contribution is 7.88. The molecule has 1 aromatic heterocycles. The Hall–Kier alpha value is -1.52. The maximum absolute atomic E-state index is 13.8. The van der Waals surface area contributed by atoms with Crippen molar-refractivity contribution in [2.45, 2.75) is 0 Å². The Morgan fingerprint density at radius 1 is 1.45 bits per heavy atom. The van der Waals surface area contributed by atoms with E-state index in [2.05, 4.69) is 15.3 Å². The van der Waals surface area contributed by atoms with Crippen molar-refractivity contribution in [1.82, 2.24) is 14.3 Å². The number of nitrogens with zero attached hydrogens (tertiary/aromatic N) is 4. The summed E-state index contributed by atoms with van der Waals surface area (Å²) in [5.74, 6) is 0.0164. The predicted octanol–water partition coefficient (Wildman–Crippen LogP) is -0.244. The summed E-state index contributed by atoms with van der Waals surface area (Å²) in [6.07, 6.45) is 2.25. The standard InChI is InChI=1S/C12H20FN5O3S/c1-17(22(2,19)20)4-3-14-12-15-9-10(13)11(16-12)18-5-7-21-8-6-18/h9H,3-8H2,1-2H3,(H,14,15,16). The average Bonchev–Trinajstić information content (AvgIpc) is 2.48. The lowest BCUT2D eigenvalue weighted by atomic mass is 10.4. The summed E-state index contributed by atoms with van der Waals surface area (Å²) in [5.41, 5.74) is 0. The fourth-order valence-electron chi connectivity index (χ4n) is 1.93. The number of rotatable bonds is 6. The van der Waals surface area contributed by atoms with Crippen LogP contribution >= 0.6 is 0 Å². The molecule has 0 atom stereocenters. The number of sulfonamides is 1. The summed E-state index contributed by atoms with van der Waals surface area (Å²) in [6.45, 7) is 2.81. The molecule has 0 aliphatic carbocycles. The molecule has 1 fully saturated rings. The number of hydrogen-bond donors (Lipinski definition) is 1. The summed E-state index contributed by atoms with van der Waals surface area (Å²) in [7, 11) is -1.73. The summed E-state index contributed by atoms with van der Waals surface area (Å²) in [4.78, 5) is 9.83. The van der Waals surface area contributed by atoms with E-state index in [0.717, 1.165) is 12.5 Å². The molecule has 1 N–H and O–H groups in total. The third-order valence-corrected chi connectivity index (χ3v) is 4.63. The number of aromatic nitrogens is 2. The Balaban J connectivity index is 1.97. The minimum atomic E-state index is -3.22. The van der Waals surface area contributed by atoms with Gasteiger partial charge in [0.05, 0.1) is 25.7 Å². The van der Waals surface area contributed by atoms with Crippen LogP contribution in [0.5, 0.6) is 0 Å². The molecule has 0 radical (unpaired) electrons. The largest absolute Gasteiger partial charge is 0.378 e. The van der Waals surface area contributed by atoms with Crippen LogP contribution in [0.1, 0.15) is 0 Å². The van der Waals surface area contributed by atoms with Gasteiger partial charge >= 0.3 is 0 Å². The van der Waals surface area contributed by atoms with E-state index in [0.29, 0.717) is 32.8 Å². The Labute approximate surface area is 129 Å². The van der Waals surface area contributed by atoms with Crippen molar-refractivity contribution in [2.75, 3.05) is 62.9 Å². The van der Waals surface area contributed by atoms with Crippen LogP contribution in [0.15, 0.2) is 6.20 Å². The predicted molar refractivity (Wildman–Crippen MR) is 81.0 cm³/mol. The zero-order valence-corrected chi connectivity index (χ0v) is 13.4. The van der Waals surface area contributed by atoms with Crippen molar-refractivity contribution >= 4 is 21.8 Å². The van der Waals surface area contributed by atoms with Gasteiger partial charge in [-0.3, -0.25) is 0 Å². The van der Waals surface area contributed by atoms with E-state index in [1.807, 2.05) is 0 Å². The molecule has 2 heterocycles. The van der Waals surface area contributed by atoms with Crippen LogP contribution in [0.3, 0.4) is 0 Å². The topological polar surface area (TPSA) is 87.7 Å². The minimum absolute atomic E-state index is 0.234. The molecule has 1 aromatic rings. The van der Waals surface area contributed by atoms with Crippen molar-refractivity contribution in [3.8, 4) is 0 Å². The van der Waals surface area contributed by atoms with Crippen LogP contribution in [0, 0.1) is 5.82 Å². The van der Waals surface area contributed by atoms with Gasteiger partial charge in [0.1, 0.15) is 0 Å².